The number of benzene rings is 9. The number of nitrogens with zero attached hydrogens (tertiary/aromatic N) is 2. The minimum atomic E-state index is -0.427. The predicted octanol–water partition coefficient (Wildman–Crippen LogP) is 14.5. The number of hydrogen-bond donors (Lipinski definition) is 0. The predicted molar refractivity (Wildman–Crippen MR) is 239 cm³/mol. The Morgan fingerprint density at radius 3 is 1.53 bits per heavy atom. The van der Waals surface area contributed by atoms with Crippen molar-refractivity contribution in [2.24, 2.45) is 0 Å². The van der Waals surface area contributed by atoms with Crippen molar-refractivity contribution in [2.45, 2.75) is 5.41 Å². The molecule has 11 aromatic rings. The first-order valence-electron chi connectivity index (χ1n) is 20.0. The molecule has 58 heavy (non-hydrogen) atoms. The van der Waals surface area contributed by atoms with Crippen LogP contribution in [-0.4, -0.2) is 4.57 Å². The molecule has 13 rings (SSSR count). The summed E-state index contributed by atoms with van der Waals surface area (Å²) < 4.78 is 9.34. The van der Waals surface area contributed by atoms with Crippen molar-refractivity contribution in [1.82, 2.24) is 4.57 Å². The third-order valence-electron chi connectivity index (χ3n) is 12.8. The van der Waals surface area contributed by atoms with E-state index in [1.807, 2.05) is 0 Å². The third-order valence-corrected chi connectivity index (χ3v) is 12.8. The molecular formula is C55H34N2O. The molecule has 3 nitrogen and oxygen atoms in total. The van der Waals surface area contributed by atoms with Crippen LogP contribution in [0.25, 0.3) is 71.7 Å². The Bertz CT molecular complexity index is 3360. The number of rotatable bonds is 4. The number of aromatic nitrogens is 1. The van der Waals surface area contributed by atoms with E-state index in [1.165, 1.54) is 55.3 Å². The summed E-state index contributed by atoms with van der Waals surface area (Å²) in [5, 5.41) is 4.66. The highest BCUT2D eigenvalue weighted by Gasteiger charge is 2.51. The second kappa shape index (κ2) is 11.7. The summed E-state index contributed by atoms with van der Waals surface area (Å²) in [7, 11) is 0. The Labute approximate surface area is 335 Å². The van der Waals surface area contributed by atoms with Gasteiger partial charge in [-0.3, -0.25) is 0 Å². The monoisotopic (exact) mass is 738 g/mol. The molecule has 0 N–H and O–H groups in total. The minimum absolute atomic E-state index is 0.427. The molecule has 0 unspecified atom stereocenters. The van der Waals surface area contributed by atoms with E-state index in [4.69, 9.17) is 4.42 Å². The fourth-order valence-electron chi connectivity index (χ4n) is 10.5. The first-order valence-corrected chi connectivity index (χ1v) is 20.0. The number of para-hydroxylation sites is 4. The molecule has 1 spiro atoms. The second-order valence-electron chi connectivity index (χ2n) is 15.6. The SMILES string of the molecule is c1ccc(N(c2ccc3c(c2)C2(c4ccccc4-c4ccccc42)c2ccccc2-3)c2ccc3c(c2)oc2c(-n4c5ccccc5c5ccccc54)cccc23)cc1. The highest BCUT2D eigenvalue weighted by molar-refractivity contribution is 6.13. The van der Waals surface area contributed by atoms with Crippen LogP contribution in [0.5, 0.6) is 0 Å². The first-order chi connectivity index (χ1) is 28.8. The van der Waals surface area contributed by atoms with E-state index >= 15 is 0 Å². The van der Waals surface area contributed by atoms with Crippen molar-refractivity contribution in [2.75, 3.05) is 4.90 Å². The van der Waals surface area contributed by atoms with Crippen molar-refractivity contribution in [3.05, 3.63) is 229 Å². The maximum Gasteiger partial charge on any atom is 0.159 e. The molecule has 2 aliphatic rings. The Kier molecular flexibility index (Phi) is 6.37. The van der Waals surface area contributed by atoms with E-state index in [0.717, 1.165) is 55.7 Å². The zero-order chi connectivity index (χ0) is 38.0. The molecule has 3 heteroatoms. The highest BCUT2D eigenvalue weighted by Crippen LogP contribution is 2.63. The van der Waals surface area contributed by atoms with Gasteiger partial charge in [0.2, 0.25) is 0 Å². The summed E-state index contributed by atoms with van der Waals surface area (Å²) in [6, 6.07) is 75.3. The fourth-order valence-corrected chi connectivity index (χ4v) is 10.5. The van der Waals surface area contributed by atoms with Crippen LogP contribution in [0.3, 0.4) is 0 Å². The molecule has 0 amide bonds. The van der Waals surface area contributed by atoms with Gasteiger partial charge in [0.15, 0.2) is 5.58 Å². The largest absolute Gasteiger partial charge is 0.454 e. The number of furan rings is 1. The lowest BCUT2D eigenvalue weighted by atomic mass is 9.70. The van der Waals surface area contributed by atoms with Crippen LogP contribution in [0.4, 0.5) is 17.1 Å². The van der Waals surface area contributed by atoms with Crippen LogP contribution in [0, 0.1) is 0 Å². The summed E-state index contributed by atoms with van der Waals surface area (Å²) >= 11 is 0. The van der Waals surface area contributed by atoms with Crippen LogP contribution < -0.4 is 4.90 Å². The van der Waals surface area contributed by atoms with Crippen LogP contribution in [0.2, 0.25) is 0 Å². The highest BCUT2D eigenvalue weighted by atomic mass is 16.3. The van der Waals surface area contributed by atoms with Gasteiger partial charge in [-0.2, -0.15) is 0 Å². The van der Waals surface area contributed by atoms with Crippen molar-refractivity contribution >= 4 is 60.8 Å². The molecule has 2 aromatic heterocycles. The van der Waals surface area contributed by atoms with Gasteiger partial charge in [-0.15, -0.1) is 0 Å². The van der Waals surface area contributed by atoms with Gasteiger partial charge in [0, 0.05) is 44.7 Å². The van der Waals surface area contributed by atoms with E-state index < -0.39 is 5.41 Å². The summed E-state index contributed by atoms with van der Waals surface area (Å²) in [5.74, 6) is 0. The van der Waals surface area contributed by atoms with Crippen molar-refractivity contribution in [3.63, 3.8) is 0 Å². The molecule has 270 valence electrons. The zero-order valence-electron chi connectivity index (χ0n) is 31.4. The van der Waals surface area contributed by atoms with Gasteiger partial charge >= 0.3 is 0 Å². The molecule has 0 saturated carbocycles. The molecular weight excluding hydrogens is 705 g/mol. The normalized spacial score (nSPS) is 13.3. The van der Waals surface area contributed by atoms with Gasteiger partial charge in [0.05, 0.1) is 22.1 Å². The van der Waals surface area contributed by atoms with E-state index in [9.17, 15) is 0 Å². The molecule has 2 heterocycles. The Morgan fingerprint density at radius 1 is 0.362 bits per heavy atom. The first kappa shape index (κ1) is 31.6. The molecule has 0 bridgehead atoms. The number of hydrogen-bond acceptors (Lipinski definition) is 2. The topological polar surface area (TPSA) is 21.3 Å². The molecule has 0 fully saturated rings. The zero-order valence-corrected chi connectivity index (χ0v) is 31.4. The third kappa shape index (κ3) is 4.07. The van der Waals surface area contributed by atoms with Crippen molar-refractivity contribution < 1.29 is 4.42 Å². The summed E-state index contributed by atoms with van der Waals surface area (Å²) in [4.78, 5) is 2.38. The van der Waals surface area contributed by atoms with Crippen LogP contribution in [-0.2, 0) is 5.41 Å². The summed E-state index contributed by atoms with van der Waals surface area (Å²) in [6.45, 7) is 0. The van der Waals surface area contributed by atoms with Gasteiger partial charge < -0.3 is 13.9 Å². The van der Waals surface area contributed by atoms with E-state index in [-0.39, 0.29) is 0 Å². The van der Waals surface area contributed by atoms with Gasteiger partial charge in [-0.05, 0) is 99.1 Å². The lowest BCUT2D eigenvalue weighted by Crippen LogP contribution is -2.26. The average Bonchev–Trinajstić information content (AvgIpc) is 4.00. The van der Waals surface area contributed by atoms with Crippen LogP contribution in [0.15, 0.2) is 211 Å². The average molecular weight is 739 g/mol. The number of fused-ring (bicyclic) bond motifs is 16. The number of anilines is 3. The molecule has 0 atom stereocenters. The van der Waals surface area contributed by atoms with Gasteiger partial charge in [0.1, 0.15) is 5.58 Å². The fraction of sp³-hybridized carbons (Fsp3) is 0.0182. The van der Waals surface area contributed by atoms with Gasteiger partial charge in [0.25, 0.3) is 0 Å². The van der Waals surface area contributed by atoms with Gasteiger partial charge in [-0.1, -0.05) is 146 Å². The Hall–Kier alpha value is -7.62. The van der Waals surface area contributed by atoms with Crippen molar-refractivity contribution in [1.29, 1.82) is 0 Å². The summed E-state index contributed by atoms with van der Waals surface area (Å²) in [6.07, 6.45) is 0. The van der Waals surface area contributed by atoms with E-state index in [2.05, 4.69) is 216 Å². The lowest BCUT2D eigenvalue weighted by molar-refractivity contribution is 0.666. The van der Waals surface area contributed by atoms with Crippen LogP contribution >= 0.6 is 0 Å². The smallest absolute Gasteiger partial charge is 0.159 e. The van der Waals surface area contributed by atoms with Crippen LogP contribution in [0.1, 0.15) is 22.3 Å². The molecule has 0 saturated heterocycles. The standard InChI is InChI=1S/C55H34N2O/c1-2-15-35(16-3-1)56(36-29-31-41-40-19-6-11-25-48(40)55(49(41)33-36)46-23-9-4-17-38(46)39-18-5-10-24-47(39)55)37-30-32-44-45-22-14-28-52(54(45)58-53(44)34-37)57-50-26-12-7-20-42(50)43-21-8-13-27-51(43)57/h1-34H. The summed E-state index contributed by atoms with van der Waals surface area (Å²) in [5.41, 5.74) is 18.4. The quantitative estimate of drug-likeness (QED) is 0.179. The van der Waals surface area contributed by atoms with Gasteiger partial charge in [-0.25, -0.2) is 0 Å². The van der Waals surface area contributed by atoms with E-state index in [0.29, 0.717) is 0 Å². The molecule has 2 aliphatic carbocycles. The Balaban J connectivity index is 1.03. The molecule has 9 aromatic carbocycles. The maximum absolute atomic E-state index is 6.99. The second-order valence-corrected chi connectivity index (χ2v) is 15.6. The Morgan fingerprint density at radius 2 is 0.879 bits per heavy atom. The minimum Gasteiger partial charge on any atom is -0.454 e. The van der Waals surface area contributed by atoms with Crippen molar-refractivity contribution in [3.8, 4) is 27.9 Å². The maximum atomic E-state index is 6.99. The molecule has 0 radical (unpaired) electrons. The molecule has 0 aliphatic heterocycles. The lowest BCUT2D eigenvalue weighted by Gasteiger charge is -2.32. The van der Waals surface area contributed by atoms with E-state index in [1.54, 1.807) is 0 Å².